The number of hydrogen-bond acceptors (Lipinski definition) is 6. The number of hydrogen-bond donors (Lipinski definition) is 1. The Balaban J connectivity index is 2.35. The summed E-state index contributed by atoms with van der Waals surface area (Å²) in [7, 11) is 2.80. The van der Waals surface area contributed by atoms with Crippen LogP contribution in [-0.2, 0) is 19.3 Å². The SMILES string of the molecule is COOCC(CCO)C(CC(=O)OC)c1cnc2ccccc2c1. The summed E-state index contributed by atoms with van der Waals surface area (Å²) in [4.78, 5) is 26.1. The first-order valence-electron chi connectivity index (χ1n) is 7.87. The molecule has 0 bridgehead atoms. The van der Waals surface area contributed by atoms with Gasteiger partial charge < -0.3 is 9.84 Å². The lowest BCUT2D eigenvalue weighted by Gasteiger charge is -2.25. The molecule has 2 rings (SSSR count). The van der Waals surface area contributed by atoms with Crippen LogP contribution in [-0.4, -0.2) is 43.5 Å². The molecule has 1 heterocycles. The predicted molar refractivity (Wildman–Crippen MR) is 89.3 cm³/mol. The standard InChI is InChI=1S/C18H23NO5/c1-22-18(21)10-16(14(7-8-20)12-24-23-2)15-9-13-5-3-4-6-17(13)19-11-15/h3-6,9,11,14,16,20H,7-8,10,12H2,1-2H3. The Bertz CT molecular complexity index is 661. The van der Waals surface area contributed by atoms with Crippen molar-refractivity contribution in [2.75, 3.05) is 27.4 Å². The van der Waals surface area contributed by atoms with Gasteiger partial charge in [-0.1, -0.05) is 18.2 Å². The second-order valence-electron chi connectivity index (χ2n) is 5.57. The number of carbonyl (C=O) groups is 1. The zero-order valence-electron chi connectivity index (χ0n) is 14.0. The Labute approximate surface area is 141 Å². The maximum Gasteiger partial charge on any atom is 0.306 e. The lowest BCUT2D eigenvalue weighted by molar-refractivity contribution is -0.281. The third-order valence-electron chi connectivity index (χ3n) is 4.12. The van der Waals surface area contributed by atoms with Gasteiger partial charge in [-0.2, -0.15) is 0 Å². The van der Waals surface area contributed by atoms with Crippen LogP contribution in [0.2, 0.25) is 0 Å². The molecular weight excluding hydrogens is 310 g/mol. The van der Waals surface area contributed by atoms with E-state index in [-0.39, 0.29) is 37.4 Å². The summed E-state index contributed by atoms with van der Waals surface area (Å²) in [6.07, 6.45) is 2.44. The topological polar surface area (TPSA) is 77.9 Å². The molecule has 6 nitrogen and oxygen atoms in total. The van der Waals surface area contributed by atoms with E-state index in [0.717, 1.165) is 16.5 Å². The van der Waals surface area contributed by atoms with Crippen LogP contribution in [0.4, 0.5) is 0 Å². The zero-order chi connectivity index (χ0) is 17.4. The molecule has 0 spiro atoms. The van der Waals surface area contributed by atoms with Gasteiger partial charge in [-0.3, -0.25) is 9.78 Å². The van der Waals surface area contributed by atoms with E-state index >= 15 is 0 Å². The Morgan fingerprint density at radius 1 is 1.29 bits per heavy atom. The van der Waals surface area contributed by atoms with Crippen molar-refractivity contribution in [2.24, 2.45) is 5.92 Å². The minimum Gasteiger partial charge on any atom is -0.469 e. The maximum absolute atomic E-state index is 11.9. The van der Waals surface area contributed by atoms with E-state index in [0.29, 0.717) is 6.42 Å². The minimum absolute atomic E-state index is 0.00355. The minimum atomic E-state index is -0.312. The summed E-state index contributed by atoms with van der Waals surface area (Å²) >= 11 is 0. The first kappa shape index (κ1) is 18.3. The van der Waals surface area contributed by atoms with Crippen molar-refractivity contribution in [3.05, 3.63) is 42.1 Å². The number of pyridine rings is 1. The summed E-state index contributed by atoms with van der Waals surface area (Å²) in [5, 5.41) is 10.4. The number of methoxy groups -OCH3 is 1. The van der Waals surface area contributed by atoms with E-state index < -0.39 is 0 Å². The van der Waals surface area contributed by atoms with Gasteiger partial charge in [-0.05, 0) is 30.0 Å². The number of rotatable bonds is 9. The van der Waals surface area contributed by atoms with Gasteiger partial charge in [0.2, 0.25) is 0 Å². The van der Waals surface area contributed by atoms with Gasteiger partial charge in [-0.25, -0.2) is 9.78 Å². The third-order valence-corrected chi connectivity index (χ3v) is 4.12. The van der Waals surface area contributed by atoms with Gasteiger partial charge in [0, 0.05) is 24.1 Å². The monoisotopic (exact) mass is 333 g/mol. The van der Waals surface area contributed by atoms with Crippen molar-refractivity contribution in [3.63, 3.8) is 0 Å². The average molecular weight is 333 g/mol. The molecule has 0 radical (unpaired) electrons. The number of aliphatic hydroxyl groups is 1. The van der Waals surface area contributed by atoms with Gasteiger partial charge in [0.05, 0.1) is 32.8 Å². The molecule has 1 aromatic heterocycles. The molecule has 6 heteroatoms. The molecular formula is C18H23NO5. The number of ether oxygens (including phenoxy) is 1. The van der Waals surface area contributed by atoms with Crippen LogP contribution in [0.5, 0.6) is 0 Å². The molecule has 0 saturated carbocycles. The van der Waals surface area contributed by atoms with Crippen molar-refractivity contribution < 1.29 is 24.4 Å². The van der Waals surface area contributed by atoms with Crippen LogP contribution in [0.3, 0.4) is 0 Å². The molecule has 130 valence electrons. The number of nitrogens with zero attached hydrogens (tertiary/aromatic N) is 1. The highest BCUT2D eigenvalue weighted by atomic mass is 17.2. The van der Waals surface area contributed by atoms with Gasteiger partial charge in [-0.15, -0.1) is 0 Å². The second-order valence-corrected chi connectivity index (χ2v) is 5.57. The lowest BCUT2D eigenvalue weighted by atomic mass is 9.82. The highest BCUT2D eigenvalue weighted by Gasteiger charge is 2.27. The molecule has 1 aromatic carbocycles. The molecule has 24 heavy (non-hydrogen) atoms. The van der Waals surface area contributed by atoms with E-state index in [2.05, 4.69) is 4.98 Å². The van der Waals surface area contributed by atoms with E-state index in [1.165, 1.54) is 14.2 Å². The zero-order valence-corrected chi connectivity index (χ0v) is 14.0. The van der Waals surface area contributed by atoms with Crippen LogP contribution in [0, 0.1) is 5.92 Å². The Morgan fingerprint density at radius 2 is 2.08 bits per heavy atom. The van der Waals surface area contributed by atoms with Crippen molar-refractivity contribution in [1.29, 1.82) is 0 Å². The van der Waals surface area contributed by atoms with Gasteiger partial charge in [0.1, 0.15) is 0 Å². The van der Waals surface area contributed by atoms with Gasteiger partial charge >= 0.3 is 5.97 Å². The molecule has 2 unspecified atom stereocenters. The van der Waals surface area contributed by atoms with Gasteiger partial charge in [0.25, 0.3) is 0 Å². The molecule has 0 aliphatic carbocycles. The summed E-state index contributed by atoms with van der Waals surface area (Å²) in [5.74, 6) is -0.595. The van der Waals surface area contributed by atoms with Crippen LogP contribution in [0.1, 0.15) is 24.3 Å². The first-order chi connectivity index (χ1) is 11.7. The molecule has 1 N–H and O–H groups in total. The molecule has 0 aliphatic heterocycles. The lowest BCUT2D eigenvalue weighted by Crippen LogP contribution is -2.23. The fourth-order valence-electron chi connectivity index (χ4n) is 2.83. The summed E-state index contributed by atoms with van der Waals surface area (Å²) in [5.41, 5.74) is 1.81. The number of carbonyl (C=O) groups excluding carboxylic acids is 1. The highest BCUT2D eigenvalue weighted by molar-refractivity contribution is 5.79. The quantitative estimate of drug-likeness (QED) is 0.431. The van der Waals surface area contributed by atoms with Crippen molar-refractivity contribution in [2.45, 2.75) is 18.8 Å². The molecule has 2 aromatic rings. The second kappa shape index (κ2) is 9.32. The van der Waals surface area contributed by atoms with Crippen LogP contribution in [0.15, 0.2) is 36.5 Å². The summed E-state index contributed by atoms with van der Waals surface area (Å²) in [6.45, 7) is 0.266. The third kappa shape index (κ3) is 4.74. The fourth-order valence-corrected chi connectivity index (χ4v) is 2.83. The van der Waals surface area contributed by atoms with E-state index in [1.807, 2.05) is 30.3 Å². The van der Waals surface area contributed by atoms with Crippen molar-refractivity contribution in [1.82, 2.24) is 4.98 Å². The number of aromatic nitrogens is 1. The van der Waals surface area contributed by atoms with Crippen LogP contribution < -0.4 is 0 Å². The molecule has 0 saturated heterocycles. The van der Waals surface area contributed by atoms with E-state index in [1.54, 1.807) is 6.20 Å². The van der Waals surface area contributed by atoms with Crippen LogP contribution >= 0.6 is 0 Å². The first-order valence-corrected chi connectivity index (χ1v) is 7.87. The largest absolute Gasteiger partial charge is 0.469 e. The molecule has 0 aliphatic rings. The highest BCUT2D eigenvalue weighted by Crippen LogP contribution is 2.32. The summed E-state index contributed by atoms with van der Waals surface area (Å²) < 4.78 is 4.83. The Kier molecular flexibility index (Phi) is 7.11. The summed E-state index contributed by atoms with van der Waals surface area (Å²) in [6, 6.07) is 9.82. The van der Waals surface area contributed by atoms with Crippen molar-refractivity contribution in [3.8, 4) is 0 Å². The van der Waals surface area contributed by atoms with E-state index in [9.17, 15) is 9.90 Å². The smallest absolute Gasteiger partial charge is 0.306 e. The van der Waals surface area contributed by atoms with Gasteiger partial charge in [0.15, 0.2) is 0 Å². The fraction of sp³-hybridized carbons (Fsp3) is 0.444. The Hall–Kier alpha value is -2.02. The normalized spacial score (nSPS) is 13.6. The number of para-hydroxylation sites is 1. The molecule has 0 fully saturated rings. The molecule has 2 atom stereocenters. The number of aliphatic hydroxyl groups excluding tert-OH is 1. The van der Waals surface area contributed by atoms with Crippen LogP contribution in [0.25, 0.3) is 10.9 Å². The number of fused-ring (bicyclic) bond motifs is 1. The molecule has 0 amide bonds. The average Bonchev–Trinajstić information content (AvgIpc) is 2.62. The van der Waals surface area contributed by atoms with E-state index in [4.69, 9.17) is 14.5 Å². The number of esters is 1. The predicted octanol–water partition coefficient (Wildman–Crippen LogP) is 2.46. The number of benzene rings is 1. The maximum atomic E-state index is 11.9. The van der Waals surface area contributed by atoms with Crippen molar-refractivity contribution >= 4 is 16.9 Å². The Morgan fingerprint density at radius 3 is 2.79 bits per heavy atom.